The van der Waals surface area contributed by atoms with Crippen molar-refractivity contribution in [1.29, 1.82) is 0 Å². The van der Waals surface area contributed by atoms with E-state index < -0.39 is 0 Å². The van der Waals surface area contributed by atoms with Gasteiger partial charge in [-0.1, -0.05) is 18.2 Å². The van der Waals surface area contributed by atoms with E-state index in [4.69, 9.17) is 4.74 Å². The summed E-state index contributed by atoms with van der Waals surface area (Å²) in [5.74, 6) is 0.755. The van der Waals surface area contributed by atoms with Gasteiger partial charge >= 0.3 is 0 Å². The fraction of sp³-hybridized carbons (Fsp3) is 0.235. The van der Waals surface area contributed by atoms with E-state index in [0.717, 1.165) is 24.4 Å². The van der Waals surface area contributed by atoms with Crippen molar-refractivity contribution < 1.29 is 9.53 Å². The molecule has 0 atom stereocenters. The first-order valence-electron chi connectivity index (χ1n) is 7.16. The molecule has 0 radical (unpaired) electrons. The number of carbonyl (C=O) groups excluding carboxylic acids is 1. The van der Waals surface area contributed by atoms with Gasteiger partial charge in [-0.25, -0.2) is 0 Å². The maximum Gasteiger partial charge on any atom is 0.227 e. The van der Waals surface area contributed by atoms with Crippen LogP contribution in [0, 0.1) is 0 Å². The number of hydrogen-bond acceptors (Lipinski definition) is 3. The summed E-state index contributed by atoms with van der Waals surface area (Å²) in [4.78, 5) is 11.9. The number of carbonyl (C=O) groups is 1. The lowest BCUT2D eigenvalue weighted by Gasteiger charge is -2.08. The van der Waals surface area contributed by atoms with E-state index in [9.17, 15) is 4.79 Å². The van der Waals surface area contributed by atoms with Crippen molar-refractivity contribution in [2.24, 2.45) is 0 Å². The third-order valence-corrected chi connectivity index (χ3v) is 3.44. The first-order chi connectivity index (χ1) is 10.3. The average Bonchev–Trinajstić information content (AvgIpc) is 2.96. The number of hydrogen-bond donors (Lipinski definition) is 2. The van der Waals surface area contributed by atoms with Gasteiger partial charge in [0, 0.05) is 17.9 Å². The van der Waals surface area contributed by atoms with Crippen LogP contribution in [0.2, 0.25) is 0 Å². The summed E-state index contributed by atoms with van der Waals surface area (Å²) >= 11 is 0. The van der Waals surface area contributed by atoms with Crippen LogP contribution in [0.25, 0.3) is 0 Å². The number of anilines is 2. The molecule has 4 nitrogen and oxygen atoms in total. The van der Waals surface area contributed by atoms with Gasteiger partial charge in [-0.3, -0.25) is 4.79 Å². The fourth-order valence-corrected chi connectivity index (χ4v) is 2.38. The molecule has 0 fully saturated rings. The van der Waals surface area contributed by atoms with E-state index in [1.54, 1.807) is 0 Å². The summed E-state index contributed by atoms with van der Waals surface area (Å²) in [6.07, 6.45) is 1.35. The Morgan fingerprint density at radius 2 is 2.05 bits per heavy atom. The SMILES string of the molecule is O=C(CCOc1ccccc1)Nc1ccc2c(c1)CCN2. The monoisotopic (exact) mass is 282 g/mol. The summed E-state index contributed by atoms with van der Waals surface area (Å²) in [6.45, 7) is 1.35. The third-order valence-electron chi connectivity index (χ3n) is 3.44. The van der Waals surface area contributed by atoms with Crippen LogP contribution in [0.15, 0.2) is 48.5 Å². The molecule has 0 aliphatic carbocycles. The molecule has 1 amide bonds. The van der Waals surface area contributed by atoms with Gasteiger partial charge in [0.2, 0.25) is 5.91 Å². The second-order valence-electron chi connectivity index (χ2n) is 5.01. The Hall–Kier alpha value is -2.49. The lowest BCUT2D eigenvalue weighted by atomic mass is 10.1. The standard InChI is InChI=1S/C17H18N2O2/c20-17(9-11-21-15-4-2-1-3-5-15)19-14-6-7-16-13(12-14)8-10-18-16/h1-7,12,18H,8-11H2,(H,19,20). The highest BCUT2D eigenvalue weighted by molar-refractivity contribution is 5.91. The molecule has 0 unspecified atom stereocenters. The lowest BCUT2D eigenvalue weighted by molar-refractivity contribution is -0.116. The molecule has 4 heteroatoms. The van der Waals surface area contributed by atoms with Gasteiger partial charge in [0.15, 0.2) is 0 Å². The van der Waals surface area contributed by atoms with Crippen LogP contribution in [-0.2, 0) is 11.2 Å². The van der Waals surface area contributed by atoms with Crippen molar-refractivity contribution in [2.45, 2.75) is 12.8 Å². The summed E-state index contributed by atoms with van der Waals surface area (Å²) in [7, 11) is 0. The summed E-state index contributed by atoms with van der Waals surface area (Å²) in [5.41, 5.74) is 3.27. The summed E-state index contributed by atoms with van der Waals surface area (Å²) < 4.78 is 5.52. The minimum absolute atomic E-state index is 0.0307. The van der Waals surface area contributed by atoms with Crippen molar-refractivity contribution in [3.8, 4) is 5.75 Å². The molecule has 108 valence electrons. The molecule has 2 N–H and O–H groups in total. The third kappa shape index (κ3) is 3.54. The predicted molar refractivity (Wildman–Crippen MR) is 83.8 cm³/mol. The van der Waals surface area contributed by atoms with Gasteiger partial charge in [-0.05, 0) is 42.3 Å². The molecule has 1 aliphatic rings. The number of benzene rings is 2. The zero-order chi connectivity index (χ0) is 14.5. The number of fused-ring (bicyclic) bond motifs is 1. The van der Waals surface area contributed by atoms with Crippen molar-refractivity contribution in [1.82, 2.24) is 0 Å². The number of amides is 1. The Kier molecular flexibility index (Phi) is 4.05. The van der Waals surface area contributed by atoms with Crippen LogP contribution in [0.3, 0.4) is 0 Å². The summed E-state index contributed by atoms with van der Waals surface area (Å²) in [5, 5.41) is 6.21. The Balaban J connectivity index is 1.48. The lowest BCUT2D eigenvalue weighted by Crippen LogP contribution is -2.15. The first kappa shape index (κ1) is 13.5. The molecule has 21 heavy (non-hydrogen) atoms. The van der Waals surface area contributed by atoms with Crippen molar-refractivity contribution in [3.05, 3.63) is 54.1 Å². The molecule has 0 aromatic heterocycles. The molecular weight excluding hydrogens is 264 g/mol. The molecule has 0 spiro atoms. The zero-order valence-corrected chi connectivity index (χ0v) is 11.8. The minimum Gasteiger partial charge on any atom is -0.493 e. The normalized spacial score (nSPS) is 12.4. The fourth-order valence-electron chi connectivity index (χ4n) is 2.38. The van der Waals surface area contributed by atoms with Crippen LogP contribution in [0.4, 0.5) is 11.4 Å². The first-order valence-corrected chi connectivity index (χ1v) is 7.16. The van der Waals surface area contributed by atoms with Crippen LogP contribution in [0.5, 0.6) is 5.75 Å². The van der Waals surface area contributed by atoms with Gasteiger partial charge in [-0.15, -0.1) is 0 Å². The van der Waals surface area contributed by atoms with Gasteiger partial charge in [0.05, 0.1) is 13.0 Å². The Labute approximate surface area is 124 Å². The number of para-hydroxylation sites is 1. The van der Waals surface area contributed by atoms with E-state index in [0.29, 0.717) is 13.0 Å². The van der Waals surface area contributed by atoms with Crippen LogP contribution in [0.1, 0.15) is 12.0 Å². The van der Waals surface area contributed by atoms with Crippen molar-refractivity contribution in [3.63, 3.8) is 0 Å². The molecule has 2 aromatic rings. The van der Waals surface area contributed by atoms with Crippen molar-refractivity contribution >= 4 is 17.3 Å². The van der Waals surface area contributed by atoms with Crippen molar-refractivity contribution in [2.75, 3.05) is 23.8 Å². The topological polar surface area (TPSA) is 50.4 Å². The highest BCUT2D eigenvalue weighted by atomic mass is 16.5. The second kappa shape index (κ2) is 6.31. The molecule has 1 aliphatic heterocycles. The van der Waals surface area contributed by atoms with Crippen LogP contribution >= 0.6 is 0 Å². The Morgan fingerprint density at radius 3 is 2.90 bits per heavy atom. The second-order valence-corrected chi connectivity index (χ2v) is 5.01. The largest absolute Gasteiger partial charge is 0.493 e. The Bertz CT molecular complexity index is 626. The molecule has 3 rings (SSSR count). The molecule has 0 saturated carbocycles. The Morgan fingerprint density at radius 1 is 1.19 bits per heavy atom. The maximum absolute atomic E-state index is 11.9. The molecule has 1 heterocycles. The maximum atomic E-state index is 11.9. The number of rotatable bonds is 5. The minimum atomic E-state index is -0.0307. The number of nitrogens with one attached hydrogen (secondary N) is 2. The molecular formula is C17H18N2O2. The van der Waals surface area contributed by atoms with Gasteiger partial charge in [0.25, 0.3) is 0 Å². The predicted octanol–water partition coefficient (Wildman–Crippen LogP) is 3.06. The van der Waals surface area contributed by atoms with Crippen LogP contribution in [-0.4, -0.2) is 19.1 Å². The van der Waals surface area contributed by atoms with Gasteiger partial charge in [0.1, 0.15) is 5.75 Å². The highest BCUT2D eigenvalue weighted by Gasteiger charge is 2.11. The van der Waals surface area contributed by atoms with E-state index in [2.05, 4.69) is 10.6 Å². The zero-order valence-electron chi connectivity index (χ0n) is 11.8. The average molecular weight is 282 g/mol. The van der Waals surface area contributed by atoms with Gasteiger partial charge in [-0.2, -0.15) is 0 Å². The molecule has 0 bridgehead atoms. The van der Waals surface area contributed by atoms with E-state index in [1.165, 1.54) is 11.3 Å². The van der Waals surface area contributed by atoms with Crippen LogP contribution < -0.4 is 15.4 Å². The summed E-state index contributed by atoms with van der Waals surface area (Å²) in [6, 6.07) is 15.5. The van der Waals surface area contributed by atoms with Gasteiger partial charge < -0.3 is 15.4 Å². The van der Waals surface area contributed by atoms with E-state index in [1.807, 2.05) is 48.5 Å². The highest BCUT2D eigenvalue weighted by Crippen LogP contribution is 2.25. The molecule has 0 saturated heterocycles. The smallest absolute Gasteiger partial charge is 0.227 e. The van der Waals surface area contributed by atoms with E-state index in [-0.39, 0.29) is 5.91 Å². The quantitative estimate of drug-likeness (QED) is 0.886. The number of ether oxygens (including phenoxy) is 1. The molecule has 2 aromatic carbocycles. The van der Waals surface area contributed by atoms with E-state index >= 15 is 0 Å².